The second-order valence-electron chi connectivity index (χ2n) is 1.34. The zero-order chi connectivity index (χ0) is 6.41. The summed E-state index contributed by atoms with van der Waals surface area (Å²) < 4.78 is 3.83. The highest BCUT2D eigenvalue weighted by Crippen LogP contribution is 1.91. The maximum atomic E-state index is 10.2. The molecule has 0 spiro atoms. The van der Waals surface area contributed by atoms with Gasteiger partial charge >= 0.3 is 5.97 Å². The lowest BCUT2D eigenvalue weighted by molar-refractivity contribution is -0.134. The number of hydrogen-bond donors (Lipinski definition) is 1. The molecule has 5 heteroatoms. The van der Waals surface area contributed by atoms with Gasteiger partial charge in [0.05, 0.1) is 0 Å². The summed E-state index contributed by atoms with van der Waals surface area (Å²) in [6.07, 6.45) is 0.936. The zero-order valence-corrected chi connectivity index (χ0v) is 6.37. The van der Waals surface area contributed by atoms with Crippen molar-refractivity contribution in [1.29, 1.82) is 0 Å². The Balaban J connectivity index is 0. The van der Waals surface area contributed by atoms with Crippen molar-refractivity contribution in [3.8, 4) is 0 Å². The zero-order valence-electron chi connectivity index (χ0n) is 4.80. The van der Waals surface area contributed by atoms with E-state index in [0.717, 1.165) is 0 Å². The first-order chi connectivity index (χ1) is 3.81. The Bertz CT molecular complexity index is 79.0. The molecule has 0 saturated carbocycles. The van der Waals surface area contributed by atoms with E-state index in [4.69, 9.17) is 17.6 Å². The smallest absolute Gasteiger partial charge is 0.324 e. The Hall–Kier alpha value is 0.01000. The monoisotopic (exact) mass is 173 g/mol. The van der Waals surface area contributed by atoms with Crippen LogP contribution in [0.2, 0.25) is 0 Å². The van der Waals surface area contributed by atoms with E-state index in [1.807, 2.05) is 0 Å². The number of rotatable bonds is 3. The lowest BCUT2D eigenvalue weighted by Crippen LogP contribution is -2.03. The van der Waals surface area contributed by atoms with Crippen molar-refractivity contribution in [2.75, 3.05) is 6.54 Å². The van der Waals surface area contributed by atoms with Crippen LogP contribution in [-0.2, 0) is 9.08 Å². The number of nitrogens with two attached hydrogens (primary N) is 1. The Morgan fingerprint density at radius 1 is 1.67 bits per heavy atom. The lowest BCUT2D eigenvalue weighted by Gasteiger charge is -1.90. The van der Waals surface area contributed by atoms with Gasteiger partial charge in [-0.05, 0) is 13.0 Å². The molecule has 0 saturated heterocycles. The second-order valence-corrected chi connectivity index (χ2v) is 1.50. The molecule has 0 aliphatic rings. The van der Waals surface area contributed by atoms with Crippen molar-refractivity contribution in [1.82, 2.24) is 0 Å². The Labute approximate surface area is 65.1 Å². The fourth-order valence-corrected chi connectivity index (χ4v) is 0.362. The molecule has 0 radical (unpaired) electrons. The van der Waals surface area contributed by atoms with Crippen molar-refractivity contribution in [2.24, 2.45) is 5.73 Å². The molecular formula is C4H9Cl2NO2. The van der Waals surface area contributed by atoms with Crippen molar-refractivity contribution < 1.29 is 9.08 Å². The topological polar surface area (TPSA) is 52.3 Å². The van der Waals surface area contributed by atoms with Crippen LogP contribution >= 0.6 is 24.3 Å². The van der Waals surface area contributed by atoms with Gasteiger partial charge < -0.3 is 10.0 Å². The molecule has 0 bridgehead atoms. The van der Waals surface area contributed by atoms with Gasteiger partial charge in [0.25, 0.3) is 0 Å². The van der Waals surface area contributed by atoms with Gasteiger partial charge in [-0.15, -0.1) is 12.4 Å². The number of carbonyl (C=O) groups excluding carboxylic acids is 1. The maximum absolute atomic E-state index is 10.2. The molecule has 0 heterocycles. The average molecular weight is 174 g/mol. The van der Waals surface area contributed by atoms with Crippen LogP contribution in [0, 0.1) is 0 Å². The number of hydrogen-bond acceptors (Lipinski definition) is 3. The first-order valence-corrected chi connectivity index (χ1v) is 2.63. The third-order valence-electron chi connectivity index (χ3n) is 0.671. The standard InChI is InChI=1S/C4H8ClNO2.ClH/c5-8-4(7)2-1-3-6;/h1-3,6H2;1H. The molecule has 3 nitrogen and oxygen atoms in total. The van der Waals surface area contributed by atoms with E-state index >= 15 is 0 Å². The molecule has 0 unspecified atom stereocenters. The molecular weight excluding hydrogens is 165 g/mol. The first-order valence-electron chi connectivity index (χ1n) is 2.32. The molecule has 0 aromatic heterocycles. The average Bonchev–Trinajstić information content (AvgIpc) is 1.83. The van der Waals surface area contributed by atoms with E-state index in [0.29, 0.717) is 19.4 Å². The molecule has 0 atom stereocenters. The third kappa shape index (κ3) is 8.01. The molecule has 0 aliphatic heterocycles. The van der Waals surface area contributed by atoms with Gasteiger partial charge in [0.2, 0.25) is 0 Å². The highest BCUT2D eigenvalue weighted by atomic mass is 35.5. The molecule has 0 aromatic rings. The minimum atomic E-state index is -0.419. The van der Waals surface area contributed by atoms with Gasteiger partial charge in [-0.1, -0.05) is 0 Å². The predicted molar refractivity (Wildman–Crippen MR) is 37.5 cm³/mol. The van der Waals surface area contributed by atoms with Gasteiger partial charge in [-0.25, -0.2) is 0 Å². The van der Waals surface area contributed by atoms with Crippen molar-refractivity contribution >= 4 is 30.2 Å². The van der Waals surface area contributed by atoms with E-state index in [-0.39, 0.29) is 12.4 Å². The predicted octanol–water partition coefficient (Wildman–Crippen LogP) is 0.844. The van der Waals surface area contributed by atoms with Crippen LogP contribution in [0.25, 0.3) is 0 Å². The molecule has 0 aromatic carbocycles. The largest absolute Gasteiger partial charge is 0.348 e. The summed E-state index contributed by atoms with van der Waals surface area (Å²) in [5.41, 5.74) is 5.08. The molecule has 0 fully saturated rings. The first kappa shape index (κ1) is 11.8. The summed E-state index contributed by atoms with van der Waals surface area (Å²) in [7, 11) is 0. The number of carbonyl (C=O) groups is 1. The van der Waals surface area contributed by atoms with E-state index in [1.54, 1.807) is 0 Å². The summed E-state index contributed by atoms with van der Waals surface area (Å²) in [6, 6.07) is 0. The van der Waals surface area contributed by atoms with E-state index < -0.39 is 5.97 Å². The maximum Gasteiger partial charge on any atom is 0.324 e. The van der Waals surface area contributed by atoms with Crippen LogP contribution in [0.4, 0.5) is 0 Å². The van der Waals surface area contributed by atoms with E-state index in [2.05, 4.69) is 4.29 Å². The van der Waals surface area contributed by atoms with Crippen LogP contribution in [0.1, 0.15) is 12.8 Å². The van der Waals surface area contributed by atoms with Gasteiger partial charge in [0.1, 0.15) is 11.9 Å². The summed E-state index contributed by atoms with van der Waals surface area (Å²) in [4.78, 5) is 10.2. The highest BCUT2D eigenvalue weighted by molar-refractivity contribution is 6.13. The fourth-order valence-electron chi connectivity index (χ4n) is 0.285. The molecule has 0 aliphatic carbocycles. The van der Waals surface area contributed by atoms with Crippen LogP contribution in [-0.4, -0.2) is 12.5 Å². The van der Waals surface area contributed by atoms with Gasteiger partial charge in [0.15, 0.2) is 0 Å². The Morgan fingerprint density at radius 2 is 2.22 bits per heavy atom. The summed E-state index contributed by atoms with van der Waals surface area (Å²) in [5.74, 6) is -0.419. The summed E-state index contributed by atoms with van der Waals surface area (Å²) in [5, 5.41) is 0. The Morgan fingerprint density at radius 3 is 2.56 bits per heavy atom. The minimum absolute atomic E-state index is 0. The highest BCUT2D eigenvalue weighted by Gasteiger charge is 1.97. The van der Waals surface area contributed by atoms with Crippen molar-refractivity contribution in [3.63, 3.8) is 0 Å². The molecule has 9 heavy (non-hydrogen) atoms. The second kappa shape index (κ2) is 8.01. The van der Waals surface area contributed by atoms with Crippen LogP contribution < -0.4 is 5.73 Å². The van der Waals surface area contributed by atoms with Gasteiger partial charge in [-0.3, -0.25) is 4.79 Å². The van der Waals surface area contributed by atoms with Crippen LogP contribution in [0.5, 0.6) is 0 Å². The summed E-state index contributed by atoms with van der Waals surface area (Å²) >= 11 is 4.70. The SMILES string of the molecule is Cl.NCCCC(=O)OCl. The minimum Gasteiger partial charge on any atom is -0.348 e. The molecule has 56 valence electrons. The Kier molecular flexibility index (Phi) is 10.5. The third-order valence-corrected chi connectivity index (χ3v) is 0.843. The lowest BCUT2D eigenvalue weighted by atomic mass is 10.3. The normalized spacial score (nSPS) is 7.78. The van der Waals surface area contributed by atoms with Crippen LogP contribution in [0.3, 0.4) is 0 Å². The molecule has 0 rings (SSSR count). The van der Waals surface area contributed by atoms with Gasteiger partial charge in [0, 0.05) is 6.42 Å². The van der Waals surface area contributed by atoms with Crippen LogP contribution in [0.15, 0.2) is 0 Å². The quantitative estimate of drug-likeness (QED) is 0.689. The molecule has 0 amide bonds. The van der Waals surface area contributed by atoms with E-state index in [1.165, 1.54) is 0 Å². The molecule has 2 N–H and O–H groups in total. The van der Waals surface area contributed by atoms with Gasteiger partial charge in [-0.2, -0.15) is 0 Å². The summed E-state index contributed by atoms with van der Waals surface area (Å²) in [6.45, 7) is 0.492. The number of halogens is 2. The fraction of sp³-hybridized carbons (Fsp3) is 0.750. The van der Waals surface area contributed by atoms with Crippen molar-refractivity contribution in [2.45, 2.75) is 12.8 Å². The van der Waals surface area contributed by atoms with Crippen molar-refractivity contribution in [3.05, 3.63) is 0 Å². The van der Waals surface area contributed by atoms with E-state index in [9.17, 15) is 4.79 Å².